The van der Waals surface area contributed by atoms with E-state index >= 15 is 0 Å². The molecule has 2 N–H and O–H groups in total. The third-order valence-corrected chi connectivity index (χ3v) is 6.04. The molecule has 0 fully saturated rings. The molecule has 5 nitrogen and oxygen atoms in total. The van der Waals surface area contributed by atoms with Crippen LogP contribution in [0.1, 0.15) is 13.8 Å². The average Bonchev–Trinajstić information content (AvgIpc) is 2.95. The molecular weight excluding hydrogens is 358 g/mol. The zero-order valence-corrected chi connectivity index (χ0v) is 15.4. The van der Waals surface area contributed by atoms with E-state index in [4.69, 9.17) is 14.9 Å². The van der Waals surface area contributed by atoms with Gasteiger partial charge in [0.15, 0.2) is 11.3 Å². The standard InChI is InChI=1S/C18H17NO4S2/c1-10(20)14(19)9-24-25-16-8-4-6-13-12-5-3-7-15(22-11(2)21)17(12)23-18(13)16/h3-8,14H,9,19H2,1-2H3. The molecule has 0 spiro atoms. The van der Waals surface area contributed by atoms with Crippen molar-refractivity contribution in [2.24, 2.45) is 5.73 Å². The summed E-state index contributed by atoms with van der Waals surface area (Å²) in [6.07, 6.45) is 0. The molecule has 0 amide bonds. The Labute approximate surface area is 152 Å². The first-order valence-corrected chi connectivity index (χ1v) is 9.97. The minimum Gasteiger partial charge on any atom is -0.451 e. The van der Waals surface area contributed by atoms with Crippen molar-refractivity contribution < 1.29 is 18.7 Å². The van der Waals surface area contributed by atoms with Crippen molar-refractivity contribution >= 4 is 55.3 Å². The van der Waals surface area contributed by atoms with Crippen molar-refractivity contribution in [1.29, 1.82) is 0 Å². The number of para-hydroxylation sites is 2. The largest absolute Gasteiger partial charge is 0.451 e. The highest BCUT2D eigenvalue weighted by atomic mass is 33.1. The Morgan fingerprint density at radius 1 is 1.12 bits per heavy atom. The second-order valence-electron chi connectivity index (χ2n) is 5.55. The molecule has 3 rings (SSSR count). The molecular formula is C18H17NO4S2. The van der Waals surface area contributed by atoms with E-state index in [1.54, 1.807) is 6.07 Å². The van der Waals surface area contributed by atoms with E-state index in [1.165, 1.54) is 35.4 Å². The van der Waals surface area contributed by atoms with Crippen LogP contribution in [0.5, 0.6) is 5.75 Å². The second-order valence-corrected chi connectivity index (χ2v) is 7.93. The van der Waals surface area contributed by atoms with Crippen LogP contribution in [-0.4, -0.2) is 23.5 Å². The molecule has 130 valence electrons. The van der Waals surface area contributed by atoms with Crippen LogP contribution in [0.3, 0.4) is 0 Å². The summed E-state index contributed by atoms with van der Waals surface area (Å²) in [7, 11) is 3.02. The summed E-state index contributed by atoms with van der Waals surface area (Å²) in [6.45, 7) is 2.85. The lowest BCUT2D eigenvalue weighted by molar-refractivity contribution is -0.131. The Bertz CT molecular complexity index is 951. The lowest BCUT2D eigenvalue weighted by Crippen LogP contribution is -2.30. The molecule has 0 bridgehead atoms. The lowest BCUT2D eigenvalue weighted by Gasteiger charge is -2.06. The minimum absolute atomic E-state index is 0.0268. The van der Waals surface area contributed by atoms with Gasteiger partial charge in [-0.1, -0.05) is 45.9 Å². The van der Waals surface area contributed by atoms with Crippen LogP contribution >= 0.6 is 21.6 Å². The van der Waals surface area contributed by atoms with Gasteiger partial charge in [0.25, 0.3) is 0 Å². The van der Waals surface area contributed by atoms with E-state index in [0.717, 1.165) is 21.3 Å². The summed E-state index contributed by atoms with van der Waals surface area (Å²) in [5, 5.41) is 1.84. The number of hydrogen-bond acceptors (Lipinski definition) is 7. The van der Waals surface area contributed by atoms with Crippen LogP contribution in [-0.2, 0) is 9.59 Å². The molecule has 0 aliphatic rings. The molecule has 0 saturated carbocycles. The third-order valence-electron chi connectivity index (χ3n) is 3.62. The summed E-state index contributed by atoms with van der Waals surface area (Å²) in [5.74, 6) is 0.510. The summed E-state index contributed by atoms with van der Waals surface area (Å²) in [5.41, 5.74) is 7.04. The summed E-state index contributed by atoms with van der Waals surface area (Å²) in [6, 6.07) is 10.9. The van der Waals surface area contributed by atoms with Gasteiger partial charge in [-0.15, -0.1) is 0 Å². The third kappa shape index (κ3) is 3.84. The highest BCUT2D eigenvalue weighted by molar-refractivity contribution is 8.76. The molecule has 0 aliphatic heterocycles. The molecule has 7 heteroatoms. The Kier molecular flexibility index (Phi) is 5.36. The monoisotopic (exact) mass is 375 g/mol. The van der Waals surface area contributed by atoms with Gasteiger partial charge in [-0.05, 0) is 19.1 Å². The molecule has 0 aliphatic carbocycles. The molecule has 1 heterocycles. The normalized spacial score (nSPS) is 12.4. The van der Waals surface area contributed by atoms with E-state index < -0.39 is 12.0 Å². The molecule has 0 saturated heterocycles. The fourth-order valence-electron chi connectivity index (χ4n) is 2.36. The van der Waals surface area contributed by atoms with E-state index in [2.05, 4.69) is 0 Å². The number of nitrogens with two attached hydrogens (primary N) is 1. The Morgan fingerprint density at radius 3 is 2.48 bits per heavy atom. The van der Waals surface area contributed by atoms with Crippen LogP contribution in [0.25, 0.3) is 21.9 Å². The fraction of sp³-hybridized carbons (Fsp3) is 0.222. The Morgan fingerprint density at radius 2 is 1.80 bits per heavy atom. The number of benzene rings is 2. The van der Waals surface area contributed by atoms with Gasteiger partial charge >= 0.3 is 5.97 Å². The number of esters is 1. The van der Waals surface area contributed by atoms with E-state index in [1.807, 2.05) is 30.3 Å². The topological polar surface area (TPSA) is 82.5 Å². The van der Waals surface area contributed by atoms with Gasteiger partial charge in [-0.25, -0.2) is 0 Å². The number of ether oxygens (including phenoxy) is 1. The zero-order valence-electron chi connectivity index (χ0n) is 13.8. The molecule has 3 aromatic rings. The summed E-state index contributed by atoms with van der Waals surface area (Å²) < 4.78 is 11.2. The number of carbonyl (C=O) groups excluding carboxylic acids is 2. The van der Waals surface area contributed by atoms with Crippen molar-refractivity contribution in [1.82, 2.24) is 0 Å². The summed E-state index contributed by atoms with van der Waals surface area (Å²) >= 11 is 0. The number of furan rings is 1. The number of ketones is 1. The smallest absolute Gasteiger partial charge is 0.308 e. The maximum absolute atomic E-state index is 11.3. The van der Waals surface area contributed by atoms with Gasteiger partial charge in [-0.3, -0.25) is 9.59 Å². The van der Waals surface area contributed by atoms with Gasteiger partial charge in [-0.2, -0.15) is 0 Å². The zero-order chi connectivity index (χ0) is 18.0. The maximum Gasteiger partial charge on any atom is 0.308 e. The van der Waals surface area contributed by atoms with Crippen LogP contribution in [0.4, 0.5) is 0 Å². The number of fused-ring (bicyclic) bond motifs is 3. The molecule has 1 unspecified atom stereocenters. The predicted octanol–water partition coefficient (Wildman–Crippen LogP) is 4.17. The molecule has 0 radical (unpaired) electrons. The van der Waals surface area contributed by atoms with Crippen molar-refractivity contribution in [2.45, 2.75) is 24.8 Å². The highest BCUT2D eigenvalue weighted by Gasteiger charge is 2.16. The Hall–Kier alpha value is -1.96. The van der Waals surface area contributed by atoms with Crippen molar-refractivity contribution in [2.75, 3.05) is 5.75 Å². The number of carbonyl (C=O) groups is 2. The van der Waals surface area contributed by atoms with Gasteiger partial charge in [0.2, 0.25) is 0 Å². The first-order chi connectivity index (χ1) is 12.0. The minimum atomic E-state index is -0.469. The predicted molar refractivity (Wildman–Crippen MR) is 102 cm³/mol. The van der Waals surface area contributed by atoms with Gasteiger partial charge in [0, 0.05) is 23.4 Å². The molecule has 25 heavy (non-hydrogen) atoms. The van der Waals surface area contributed by atoms with Crippen molar-refractivity contribution in [3.8, 4) is 5.75 Å². The van der Waals surface area contributed by atoms with Crippen LogP contribution in [0.15, 0.2) is 45.7 Å². The van der Waals surface area contributed by atoms with E-state index in [9.17, 15) is 9.59 Å². The molecule has 1 atom stereocenters. The first-order valence-electron chi connectivity index (χ1n) is 7.65. The van der Waals surface area contributed by atoms with Crippen LogP contribution < -0.4 is 10.5 Å². The van der Waals surface area contributed by atoms with E-state index in [-0.39, 0.29) is 5.78 Å². The molecule has 2 aromatic carbocycles. The van der Waals surface area contributed by atoms with Crippen molar-refractivity contribution in [3.05, 3.63) is 36.4 Å². The van der Waals surface area contributed by atoms with E-state index in [0.29, 0.717) is 17.1 Å². The first kappa shape index (κ1) is 17.8. The fourth-order valence-corrected chi connectivity index (χ4v) is 4.71. The number of rotatable bonds is 6. The quantitative estimate of drug-likeness (QED) is 0.393. The average molecular weight is 375 g/mol. The lowest BCUT2D eigenvalue weighted by atomic mass is 10.1. The van der Waals surface area contributed by atoms with Crippen LogP contribution in [0.2, 0.25) is 0 Å². The Balaban J connectivity index is 1.95. The molecule has 1 aromatic heterocycles. The van der Waals surface area contributed by atoms with Gasteiger partial charge in [0.05, 0.1) is 10.9 Å². The number of hydrogen-bond donors (Lipinski definition) is 1. The van der Waals surface area contributed by atoms with Crippen molar-refractivity contribution in [3.63, 3.8) is 0 Å². The van der Waals surface area contributed by atoms with Gasteiger partial charge in [0.1, 0.15) is 11.4 Å². The summed E-state index contributed by atoms with van der Waals surface area (Å²) in [4.78, 5) is 23.5. The second kappa shape index (κ2) is 7.51. The maximum atomic E-state index is 11.3. The highest BCUT2D eigenvalue weighted by Crippen LogP contribution is 2.42. The van der Waals surface area contributed by atoms with Crippen LogP contribution in [0, 0.1) is 0 Å². The number of Topliss-reactive ketones (excluding diaryl/α,β-unsaturated/α-hetero) is 1. The van der Waals surface area contributed by atoms with Gasteiger partial charge < -0.3 is 14.9 Å². The SMILES string of the molecule is CC(=O)Oc1cccc2c1oc1c(SSCC(N)C(C)=O)cccc12.